The summed E-state index contributed by atoms with van der Waals surface area (Å²) < 4.78 is 0. The number of amides is 2. The van der Waals surface area contributed by atoms with E-state index in [0.29, 0.717) is 29.2 Å². The van der Waals surface area contributed by atoms with Crippen LogP contribution >= 0.6 is 11.6 Å². The minimum absolute atomic E-state index is 0.128. The molecule has 0 bridgehead atoms. The molecular formula is C15H22ClN3O2. The first kappa shape index (κ1) is 17.5. The Hall–Kier alpha value is -1.59. The van der Waals surface area contributed by atoms with Crippen molar-refractivity contribution in [3.63, 3.8) is 0 Å². The van der Waals surface area contributed by atoms with Crippen molar-refractivity contribution >= 4 is 29.1 Å². The van der Waals surface area contributed by atoms with Gasteiger partial charge in [0.2, 0.25) is 5.91 Å². The third-order valence-corrected chi connectivity index (χ3v) is 3.10. The second-order valence-electron chi connectivity index (χ2n) is 4.70. The van der Waals surface area contributed by atoms with Gasteiger partial charge in [0.25, 0.3) is 5.91 Å². The summed E-state index contributed by atoms with van der Waals surface area (Å²) >= 11 is 5.94. The molecule has 0 radical (unpaired) electrons. The van der Waals surface area contributed by atoms with E-state index >= 15 is 0 Å². The molecule has 0 spiro atoms. The molecule has 0 aliphatic heterocycles. The summed E-state index contributed by atoms with van der Waals surface area (Å²) in [6.45, 7) is 3.34. The molecule has 0 unspecified atom stereocenters. The summed E-state index contributed by atoms with van der Waals surface area (Å²) in [6.07, 6.45) is 1.98. The topological polar surface area (TPSA) is 70.2 Å². The molecule has 21 heavy (non-hydrogen) atoms. The second kappa shape index (κ2) is 9.37. The van der Waals surface area contributed by atoms with E-state index in [1.54, 1.807) is 18.2 Å². The maximum absolute atomic E-state index is 12.1. The van der Waals surface area contributed by atoms with E-state index in [9.17, 15) is 9.59 Å². The van der Waals surface area contributed by atoms with Crippen LogP contribution in [-0.4, -0.2) is 32.0 Å². The van der Waals surface area contributed by atoms with Crippen LogP contribution in [0.2, 0.25) is 5.02 Å². The zero-order valence-electron chi connectivity index (χ0n) is 12.5. The van der Waals surface area contributed by atoms with Gasteiger partial charge in [-0.15, -0.1) is 0 Å². The monoisotopic (exact) mass is 311 g/mol. The van der Waals surface area contributed by atoms with Gasteiger partial charge in [0, 0.05) is 18.0 Å². The Morgan fingerprint density at radius 1 is 1.24 bits per heavy atom. The Labute approximate surface area is 130 Å². The summed E-state index contributed by atoms with van der Waals surface area (Å²) in [5, 5.41) is 9.01. The predicted octanol–water partition coefficient (Wildman–Crippen LogP) is 2.42. The molecule has 0 aliphatic carbocycles. The molecule has 0 atom stereocenters. The molecule has 1 rings (SSSR count). The molecular weight excluding hydrogens is 290 g/mol. The summed E-state index contributed by atoms with van der Waals surface area (Å²) in [6, 6.07) is 4.86. The standard InChI is InChI=1S/C15H22ClN3O2/c1-3-8-18-15(21)12-7-6-11(16)10-13(12)19-14(20)5-4-9-17-2/h6-7,10,17H,3-5,8-9H2,1-2H3,(H,18,21)(H,19,20). The van der Waals surface area contributed by atoms with Crippen molar-refractivity contribution in [2.24, 2.45) is 0 Å². The molecule has 2 amide bonds. The summed E-state index contributed by atoms with van der Waals surface area (Å²) in [7, 11) is 1.84. The fourth-order valence-electron chi connectivity index (χ4n) is 1.79. The minimum Gasteiger partial charge on any atom is -0.352 e. The maximum atomic E-state index is 12.1. The number of nitrogens with one attached hydrogen (secondary N) is 3. The molecule has 5 nitrogen and oxygen atoms in total. The number of halogens is 1. The first-order valence-corrected chi connectivity index (χ1v) is 7.48. The van der Waals surface area contributed by atoms with Crippen molar-refractivity contribution in [3.05, 3.63) is 28.8 Å². The van der Waals surface area contributed by atoms with Gasteiger partial charge in [-0.2, -0.15) is 0 Å². The molecule has 116 valence electrons. The lowest BCUT2D eigenvalue weighted by Crippen LogP contribution is -2.26. The van der Waals surface area contributed by atoms with E-state index in [4.69, 9.17) is 11.6 Å². The largest absolute Gasteiger partial charge is 0.352 e. The van der Waals surface area contributed by atoms with Gasteiger partial charge in [-0.3, -0.25) is 9.59 Å². The lowest BCUT2D eigenvalue weighted by Gasteiger charge is -2.12. The fourth-order valence-corrected chi connectivity index (χ4v) is 1.96. The Balaban J connectivity index is 2.77. The van der Waals surface area contributed by atoms with Crippen LogP contribution in [-0.2, 0) is 4.79 Å². The first-order valence-electron chi connectivity index (χ1n) is 7.10. The van der Waals surface area contributed by atoms with E-state index in [2.05, 4.69) is 16.0 Å². The zero-order chi connectivity index (χ0) is 15.7. The van der Waals surface area contributed by atoms with Crippen LogP contribution in [0, 0.1) is 0 Å². The van der Waals surface area contributed by atoms with Gasteiger partial charge in [0.15, 0.2) is 0 Å². The summed E-state index contributed by atoms with van der Waals surface area (Å²) in [5.74, 6) is -0.337. The van der Waals surface area contributed by atoms with Crippen LogP contribution in [0.3, 0.4) is 0 Å². The Morgan fingerprint density at radius 3 is 2.67 bits per heavy atom. The van der Waals surface area contributed by atoms with E-state index in [1.165, 1.54) is 0 Å². The molecule has 0 heterocycles. The molecule has 0 aromatic heterocycles. The molecule has 0 saturated heterocycles. The van der Waals surface area contributed by atoms with Gasteiger partial charge in [-0.25, -0.2) is 0 Å². The third-order valence-electron chi connectivity index (χ3n) is 2.87. The third kappa shape index (κ3) is 6.14. The van der Waals surface area contributed by atoms with Gasteiger partial charge in [0.05, 0.1) is 11.3 Å². The minimum atomic E-state index is -0.209. The highest BCUT2D eigenvalue weighted by Gasteiger charge is 2.13. The Bertz CT molecular complexity index is 492. The van der Waals surface area contributed by atoms with Crippen LogP contribution in [0.1, 0.15) is 36.5 Å². The smallest absolute Gasteiger partial charge is 0.253 e. The lowest BCUT2D eigenvalue weighted by molar-refractivity contribution is -0.116. The molecule has 1 aromatic carbocycles. The SMILES string of the molecule is CCCNC(=O)c1ccc(Cl)cc1NC(=O)CCCNC. The highest BCUT2D eigenvalue weighted by molar-refractivity contribution is 6.31. The van der Waals surface area contributed by atoms with Gasteiger partial charge < -0.3 is 16.0 Å². The highest BCUT2D eigenvalue weighted by Crippen LogP contribution is 2.21. The van der Waals surface area contributed by atoms with Crippen molar-refractivity contribution in [2.75, 3.05) is 25.5 Å². The number of hydrogen-bond donors (Lipinski definition) is 3. The second-order valence-corrected chi connectivity index (χ2v) is 5.14. The number of carbonyl (C=O) groups excluding carboxylic acids is 2. The van der Waals surface area contributed by atoms with E-state index in [1.807, 2.05) is 14.0 Å². The van der Waals surface area contributed by atoms with Gasteiger partial charge in [0.1, 0.15) is 0 Å². The van der Waals surface area contributed by atoms with Crippen LogP contribution in [0.15, 0.2) is 18.2 Å². The zero-order valence-corrected chi connectivity index (χ0v) is 13.2. The van der Waals surface area contributed by atoms with Crippen LogP contribution in [0.4, 0.5) is 5.69 Å². The van der Waals surface area contributed by atoms with Gasteiger partial charge in [-0.1, -0.05) is 18.5 Å². The van der Waals surface area contributed by atoms with Crippen LogP contribution in [0.5, 0.6) is 0 Å². The number of hydrogen-bond acceptors (Lipinski definition) is 3. The number of rotatable bonds is 8. The fraction of sp³-hybridized carbons (Fsp3) is 0.467. The van der Waals surface area contributed by atoms with Gasteiger partial charge >= 0.3 is 0 Å². The normalized spacial score (nSPS) is 10.2. The maximum Gasteiger partial charge on any atom is 0.253 e. The number of benzene rings is 1. The number of carbonyl (C=O) groups is 2. The van der Waals surface area contributed by atoms with Crippen molar-refractivity contribution in [3.8, 4) is 0 Å². The van der Waals surface area contributed by atoms with E-state index in [-0.39, 0.29) is 11.8 Å². The summed E-state index contributed by atoms with van der Waals surface area (Å²) in [5.41, 5.74) is 0.875. The van der Waals surface area contributed by atoms with E-state index < -0.39 is 0 Å². The highest BCUT2D eigenvalue weighted by atomic mass is 35.5. The average molecular weight is 312 g/mol. The summed E-state index contributed by atoms with van der Waals surface area (Å²) in [4.78, 5) is 23.9. The molecule has 0 saturated carbocycles. The molecule has 3 N–H and O–H groups in total. The Morgan fingerprint density at radius 2 is 2.00 bits per heavy atom. The molecule has 0 fully saturated rings. The molecule has 1 aromatic rings. The molecule has 6 heteroatoms. The lowest BCUT2D eigenvalue weighted by atomic mass is 10.1. The van der Waals surface area contributed by atoms with Gasteiger partial charge in [-0.05, 0) is 44.6 Å². The number of anilines is 1. The van der Waals surface area contributed by atoms with Crippen molar-refractivity contribution < 1.29 is 9.59 Å². The molecule has 0 aliphatic rings. The van der Waals surface area contributed by atoms with Crippen molar-refractivity contribution in [1.29, 1.82) is 0 Å². The average Bonchev–Trinajstić information content (AvgIpc) is 2.45. The van der Waals surface area contributed by atoms with Crippen molar-refractivity contribution in [1.82, 2.24) is 10.6 Å². The first-order chi connectivity index (χ1) is 10.1. The predicted molar refractivity (Wildman–Crippen MR) is 85.9 cm³/mol. The Kier molecular flexibility index (Phi) is 7.79. The van der Waals surface area contributed by atoms with Crippen LogP contribution < -0.4 is 16.0 Å². The van der Waals surface area contributed by atoms with Crippen molar-refractivity contribution in [2.45, 2.75) is 26.2 Å². The van der Waals surface area contributed by atoms with Crippen LogP contribution in [0.25, 0.3) is 0 Å². The van der Waals surface area contributed by atoms with E-state index in [0.717, 1.165) is 19.4 Å². The quantitative estimate of drug-likeness (QED) is 0.646.